The Labute approximate surface area is 235 Å². The van der Waals surface area contributed by atoms with Gasteiger partial charge in [0, 0.05) is 75.3 Å². The Bertz CT molecular complexity index is 1350. The fraction of sp³-hybridized carbons (Fsp3) is 0.600. The Morgan fingerprint density at radius 1 is 1.00 bits per heavy atom. The second kappa shape index (κ2) is 9.82. The third-order valence-electron chi connectivity index (χ3n) is 9.97. The van der Waals surface area contributed by atoms with Crippen LogP contribution in [0.4, 0.5) is 10.5 Å². The third kappa shape index (κ3) is 4.32. The largest absolute Gasteiger partial charge is 0.368 e. The Balaban J connectivity index is 1.01. The number of likely N-dealkylation sites (tertiary alicyclic amines) is 1. The van der Waals surface area contributed by atoms with Crippen molar-refractivity contribution in [1.29, 1.82) is 0 Å². The van der Waals surface area contributed by atoms with Crippen molar-refractivity contribution in [3.05, 3.63) is 46.3 Å². The van der Waals surface area contributed by atoms with Gasteiger partial charge < -0.3 is 24.9 Å². The molecular weight excluding hydrogens is 506 g/mol. The Kier molecular flexibility index (Phi) is 6.24. The zero-order valence-electron chi connectivity index (χ0n) is 23.6. The van der Waals surface area contributed by atoms with Gasteiger partial charge in [0.2, 0.25) is 5.91 Å². The summed E-state index contributed by atoms with van der Waals surface area (Å²) in [6.45, 7) is 10.2. The number of rotatable bonds is 5. The minimum absolute atomic E-state index is 0.0115. The number of fused-ring (bicyclic) bond motifs is 3. The van der Waals surface area contributed by atoms with Gasteiger partial charge in [-0.05, 0) is 68.6 Å². The highest BCUT2D eigenvalue weighted by Crippen LogP contribution is 2.57. The molecule has 1 aromatic carbocycles. The maximum atomic E-state index is 13.7. The van der Waals surface area contributed by atoms with E-state index in [2.05, 4.69) is 42.3 Å². The van der Waals surface area contributed by atoms with E-state index in [4.69, 9.17) is 5.10 Å². The number of carbonyl (C=O) groups excluding carboxylic acids is 3. The van der Waals surface area contributed by atoms with E-state index in [1.807, 2.05) is 19.4 Å². The molecule has 4 amide bonds. The van der Waals surface area contributed by atoms with Crippen molar-refractivity contribution in [1.82, 2.24) is 29.8 Å². The number of nitrogens with zero attached hydrogens (tertiary/aromatic N) is 6. The summed E-state index contributed by atoms with van der Waals surface area (Å²) in [6, 6.07) is 6.61. The number of piperidine rings is 1. The van der Waals surface area contributed by atoms with Crippen molar-refractivity contribution in [2.75, 3.05) is 57.3 Å². The van der Waals surface area contributed by atoms with E-state index in [-0.39, 0.29) is 30.4 Å². The molecule has 3 saturated heterocycles. The van der Waals surface area contributed by atoms with Crippen LogP contribution in [0.1, 0.15) is 58.1 Å². The van der Waals surface area contributed by atoms with Crippen LogP contribution in [-0.2, 0) is 17.8 Å². The molecule has 2 aliphatic carbocycles. The minimum atomic E-state index is -0.0125. The van der Waals surface area contributed by atoms with E-state index in [1.54, 1.807) is 0 Å². The first kappa shape index (κ1) is 25.4. The molecule has 0 radical (unpaired) electrons. The zero-order valence-corrected chi connectivity index (χ0v) is 23.6. The summed E-state index contributed by atoms with van der Waals surface area (Å²) in [7, 11) is 0. The van der Waals surface area contributed by atoms with Crippen molar-refractivity contribution in [2.24, 2.45) is 5.92 Å². The smallest absolute Gasteiger partial charge is 0.317 e. The summed E-state index contributed by atoms with van der Waals surface area (Å²) < 4.78 is 1.84. The molecule has 4 fully saturated rings. The number of hydrogen-bond acceptors (Lipinski definition) is 5. The van der Waals surface area contributed by atoms with E-state index in [1.165, 1.54) is 16.8 Å². The second-order valence-corrected chi connectivity index (χ2v) is 12.2. The number of hydrogen-bond donors (Lipinski definition) is 1. The maximum Gasteiger partial charge on any atom is 0.317 e. The van der Waals surface area contributed by atoms with Crippen LogP contribution in [0.15, 0.2) is 18.2 Å². The van der Waals surface area contributed by atoms with Gasteiger partial charge in [0.15, 0.2) is 5.69 Å². The van der Waals surface area contributed by atoms with Gasteiger partial charge >= 0.3 is 6.03 Å². The van der Waals surface area contributed by atoms with Crippen LogP contribution in [-0.4, -0.2) is 101 Å². The predicted octanol–water partition coefficient (Wildman–Crippen LogP) is 2.14. The summed E-state index contributed by atoms with van der Waals surface area (Å²) >= 11 is 0. The average Bonchev–Trinajstić information content (AvgIpc) is 3.25. The molecule has 7 rings (SSSR count). The topological polar surface area (TPSA) is 94.0 Å². The fourth-order valence-corrected chi connectivity index (χ4v) is 7.35. The summed E-state index contributed by atoms with van der Waals surface area (Å²) in [5.41, 5.74) is 6.60. The molecule has 0 bridgehead atoms. The molecule has 0 spiro atoms. The molecular formula is C30H39N7O3. The first-order chi connectivity index (χ1) is 19.4. The SMILES string of the molecule is Cc1cccc(N2CCN(C(=O)Cn3nc(C(=O)N4CCC(N5CCNC5=O)CC4)c4c3C[C@H]3C[C@@H]43)CC2)c1C. The molecule has 10 heteroatoms. The molecule has 10 nitrogen and oxygen atoms in total. The lowest BCUT2D eigenvalue weighted by atomic mass is 10.0. The van der Waals surface area contributed by atoms with Crippen LogP contribution >= 0.6 is 0 Å². The Morgan fingerprint density at radius 3 is 2.50 bits per heavy atom. The molecule has 212 valence electrons. The highest BCUT2D eigenvalue weighted by molar-refractivity contribution is 5.95. The van der Waals surface area contributed by atoms with E-state index in [0.717, 1.165) is 56.6 Å². The number of aromatic nitrogens is 2. The lowest BCUT2D eigenvalue weighted by molar-refractivity contribution is -0.132. The van der Waals surface area contributed by atoms with Crippen molar-refractivity contribution in [2.45, 2.75) is 58.0 Å². The standard InChI is InChI=1S/C30H39N7O3/c1-19-4-3-5-24(20(19)2)33-12-14-34(15-13-33)26(38)18-37-25-17-21-16-23(21)27(25)28(32-37)29(39)35-9-6-22(7-10-35)36-11-8-31-30(36)40/h3-5,21-23H,6-18H2,1-2H3,(H,31,40)/t21-,23-/m1/s1. The third-order valence-corrected chi connectivity index (χ3v) is 9.97. The number of aryl methyl sites for hydroxylation is 1. The molecule has 40 heavy (non-hydrogen) atoms. The molecule has 1 N–H and O–H groups in total. The van der Waals surface area contributed by atoms with E-state index in [0.29, 0.717) is 50.3 Å². The monoisotopic (exact) mass is 545 g/mol. The molecule has 2 aromatic rings. The molecule has 5 aliphatic rings. The number of urea groups is 1. The van der Waals surface area contributed by atoms with E-state index in [9.17, 15) is 14.4 Å². The molecule has 3 aliphatic heterocycles. The first-order valence-electron chi connectivity index (χ1n) is 14.9. The van der Waals surface area contributed by atoms with Crippen LogP contribution in [0, 0.1) is 19.8 Å². The van der Waals surface area contributed by atoms with Crippen LogP contribution in [0.3, 0.4) is 0 Å². The second-order valence-electron chi connectivity index (χ2n) is 12.2. The summed E-state index contributed by atoms with van der Waals surface area (Å²) in [5, 5.41) is 7.68. The first-order valence-corrected chi connectivity index (χ1v) is 14.9. The highest BCUT2D eigenvalue weighted by Gasteiger charge is 2.50. The van der Waals surface area contributed by atoms with Gasteiger partial charge in [0.1, 0.15) is 6.54 Å². The van der Waals surface area contributed by atoms with Crippen LogP contribution in [0.25, 0.3) is 0 Å². The molecule has 1 saturated carbocycles. The van der Waals surface area contributed by atoms with Gasteiger partial charge in [-0.15, -0.1) is 0 Å². The summed E-state index contributed by atoms with van der Waals surface area (Å²) in [6.07, 6.45) is 3.63. The lowest BCUT2D eigenvalue weighted by Gasteiger charge is -2.37. The number of amides is 4. The van der Waals surface area contributed by atoms with Crippen molar-refractivity contribution >= 4 is 23.5 Å². The van der Waals surface area contributed by atoms with E-state index >= 15 is 0 Å². The number of anilines is 1. The molecule has 0 unspecified atom stereocenters. The highest BCUT2D eigenvalue weighted by atomic mass is 16.2. The summed E-state index contributed by atoms with van der Waals surface area (Å²) in [5.74, 6) is 1.09. The predicted molar refractivity (Wildman–Crippen MR) is 151 cm³/mol. The number of piperazine rings is 1. The molecule has 2 atom stereocenters. The summed E-state index contributed by atoms with van der Waals surface area (Å²) in [4.78, 5) is 47.3. The van der Waals surface area contributed by atoms with Crippen LogP contribution in [0.5, 0.6) is 0 Å². The van der Waals surface area contributed by atoms with Gasteiger partial charge in [-0.25, -0.2) is 4.79 Å². The number of benzene rings is 1. The Morgan fingerprint density at radius 2 is 1.77 bits per heavy atom. The van der Waals surface area contributed by atoms with Crippen molar-refractivity contribution in [3.8, 4) is 0 Å². The number of nitrogens with one attached hydrogen (secondary N) is 1. The van der Waals surface area contributed by atoms with Crippen LogP contribution in [0.2, 0.25) is 0 Å². The average molecular weight is 546 g/mol. The van der Waals surface area contributed by atoms with Gasteiger partial charge in [-0.2, -0.15) is 5.10 Å². The van der Waals surface area contributed by atoms with Crippen molar-refractivity contribution < 1.29 is 14.4 Å². The van der Waals surface area contributed by atoms with Gasteiger partial charge in [-0.3, -0.25) is 14.3 Å². The lowest BCUT2D eigenvalue weighted by Crippen LogP contribution is -2.50. The van der Waals surface area contributed by atoms with E-state index < -0.39 is 0 Å². The maximum absolute atomic E-state index is 13.7. The van der Waals surface area contributed by atoms with Crippen LogP contribution < -0.4 is 10.2 Å². The van der Waals surface area contributed by atoms with Gasteiger partial charge in [0.25, 0.3) is 5.91 Å². The zero-order chi connectivity index (χ0) is 27.5. The Hall–Kier alpha value is -3.56. The molecule has 1 aromatic heterocycles. The number of carbonyl (C=O) groups is 3. The quantitative estimate of drug-likeness (QED) is 0.622. The molecule has 4 heterocycles. The van der Waals surface area contributed by atoms with Crippen molar-refractivity contribution in [3.63, 3.8) is 0 Å². The normalized spacial score (nSPS) is 24.3. The van der Waals surface area contributed by atoms with Gasteiger partial charge in [-0.1, -0.05) is 12.1 Å². The van der Waals surface area contributed by atoms with Gasteiger partial charge in [0.05, 0.1) is 0 Å². The minimum Gasteiger partial charge on any atom is -0.368 e. The fourth-order valence-electron chi connectivity index (χ4n) is 7.35.